The Labute approximate surface area is 107 Å². The van der Waals surface area contributed by atoms with Crippen LogP contribution in [-0.4, -0.2) is 33.7 Å². The first-order valence-corrected chi connectivity index (χ1v) is 6.46. The Morgan fingerprint density at radius 1 is 1.67 bits per heavy atom. The van der Waals surface area contributed by atoms with Crippen molar-refractivity contribution in [2.24, 2.45) is 5.41 Å². The number of amides is 1. The molecule has 0 spiro atoms. The molecule has 0 radical (unpaired) electrons. The maximum atomic E-state index is 12.1. The third-order valence-corrected chi connectivity index (χ3v) is 4.05. The van der Waals surface area contributed by atoms with E-state index in [0.29, 0.717) is 6.54 Å². The smallest absolute Gasteiger partial charge is 0.242 e. The fourth-order valence-electron chi connectivity index (χ4n) is 2.41. The van der Waals surface area contributed by atoms with Gasteiger partial charge in [-0.3, -0.25) is 4.79 Å². The van der Waals surface area contributed by atoms with Crippen molar-refractivity contribution in [1.82, 2.24) is 14.9 Å². The molecule has 0 saturated heterocycles. The summed E-state index contributed by atoms with van der Waals surface area (Å²) in [5.74, 6) is 0.814. The van der Waals surface area contributed by atoms with Crippen LogP contribution in [0.25, 0.3) is 0 Å². The van der Waals surface area contributed by atoms with Gasteiger partial charge in [-0.1, -0.05) is 6.42 Å². The predicted octanol–water partition coefficient (Wildman–Crippen LogP) is 1.03. The summed E-state index contributed by atoms with van der Waals surface area (Å²) in [7, 11) is 0. The van der Waals surface area contributed by atoms with Gasteiger partial charge in [0.25, 0.3) is 0 Å². The molecule has 0 aromatic carbocycles. The number of aryl methyl sites for hydroxylation is 1. The van der Waals surface area contributed by atoms with Gasteiger partial charge >= 0.3 is 0 Å². The molecule has 0 bridgehead atoms. The highest BCUT2D eigenvalue weighted by Gasteiger charge is 2.36. The number of aliphatic hydroxyl groups excluding tert-OH is 1. The molecule has 1 amide bonds. The van der Waals surface area contributed by atoms with Crippen molar-refractivity contribution in [3.63, 3.8) is 0 Å². The number of imidazole rings is 1. The molecule has 1 fully saturated rings. The minimum absolute atomic E-state index is 0.0178. The van der Waals surface area contributed by atoms with Crippen LogP contribution < -0.4 is 5.32 Å². The fraction of sp³-hybridized carbons (Fsp3) is 0.692. The minimum Gasteiger partial charge on any atom is -0.396 e. The molecule has 1 saturated carbocycles. The largest absolute Gasteiger partial charge is 0.396 e. The fourth-order valence-corrected chi connectivity index (χ4v) is 2.41. The number of hydrogen-bond acceptors (Lipinski definition) is 3. The summed E-state index contributed by atoms with van der Waals surface area (Å²) in [6.45, 7) is 4.47. The van der Waals surface area contributed by atoms with Crippen molar-refractivity contribution < 1.29 is 9.90 Å². The Morgan fingerprint density at radius 3 is 2.83 bits per heavy atom. The van der Waals surface area contributed by atoms with Gasteiger partial charge in [0.1, 0.15) is 11.9 Å². The van der Waals surface area contributed by atoms with Crippen LogP contribution in [0.4, 0.5) is 0 Å². The Hall–Kier alpha value is -1.36. The van der Waals surface area contributed by atoms with Gasteiger partial charge in [-0.2, -0.15) is 0 Å². The van der Waals surface area contributed by atoms with E-state index in [-0.39, 0.29) is 24.0 Å². The number of hydrogen-bond donors (Lipinski definition) is 2. The van der Waals surface area contributed by atoms with E-state index in [1.54, 1.807) is 6.20 Å². The zero-order chi connectivity index (χ0) is 13.2. The lowest BCUT2D eigenvalue weighted by atomic mass is 9.69. The Balaban J connectivity index is 1.90. The standard InChI is InChI=1S/C13H21N3O2/c1-10(16-7-6-14-11(16)2)12(18)15-8-13(9-17)4-3-5-13/h6-7,10,17H,3-5,8-9H2,1-2H3,(H,15,18)/t10-/m0/s1. The van der Waals surface area contributed by atoms with E-state index in [2.05, 4.69) is 10.3 Å². The highest BCUT2D eigenvalue weighted by molar-refractivity contribution is 5.80. The summed E-state index contributed by atoms with van der Waals surface area (Å²) in [4.78, 5) is 16.2. The van der Waals surface area contributed by atoms with Crippen molar-refractivity contribution in [2.45, 2.75) is 39.2 Å². The highest BCUT2D eigenvalue weighted by atomic mass is 16.3. The number of carbonyl (C=O) groups excluding carboxylic acids is 1. The second-order valence-corrected chi connectivity index (χ2v) is 5.29. The average Bonchev–Trinajstić information content (AvgIpc) is 2.73. The molecule has 100 valence electrons. The third-order valence-electron chi connectivity index (χ3n) is 4.05. The lowest BCUT2D eigenvalue weighted by molar-refractivity contribution is -0.125. The Kier molecular flexibility index (Phi) is 3.71. The molecule has 5 nitrogen and oxygen atoms in total. The van der Waals surface area contributed by atoms with E-state index >= 15 is 0 Å². The predicted molar refractivity (Wildman–Crippen MR) is 68.1 cm³/mol. The quantitative estimate of drug-likeness (QED) is 0.821. The molecule has 2 N–H and O–H groups in total. The minimum atomic E-state index is -0.261. The third kappa shape index (κ3) is 2.41. The average molecular weight is 251 g/mol. The first kappa shape index (κ1) is 13.1. The number of carbonyl (C=O) groups is 1. The topological polar surface area (TPSA) is 67.2 Å². The molecule has 1 heterocycles. The van der Waals surface area contributed by atoms with Crippen LogP contribution in [0.3, 0.4) is 0 Å². The SMILES string of the molecule is Cc1nccn1[C@@H](C)C(=O)NCC1(CO)CCC1. The van der Waals surface area contributed by atoms with Crippen LogP contribution in [0, 0.1) is 12.3 Å². The van der Waals surface area contributed by atoms with Gasteiger partial charge in [-0.25, -0.2) is 4.98 Å². The van der Waals surface area contributed by atoms with E-state index < -0.39 is 0 Å². The molecule has 1 aliphatic rings. The lowest BCUT2D eigenvalue weighted by Crippen LogP contribution is -2.46. The summed E-state index contributed by atoms with van der Waals surface area (Å²) in [5, 5.41) is 12.3. The van der Waals surface area contributed by atoms with Crippen LogP contribution in [0.1, 0.15) is 38.1 Å². The lowest BCUT2D eigenvalue weighted by Gasteiger charge is -2.40. The van der Waals surface area contributed by atoms with Crippen LogP contribution in [-0.2, 0) is 4.79 Å². The number of aromatic nitrogens is 2. The zero-order valence-corrected chi connectivity index (χ0v) is 11.0. The van der Waals surface area contributed by atoms with Crippen LogP contribution in [0.15, 0.2) is 12.4 Å². The monoisotopic (exact) mass is 251 g/mol. The molecule has 1 aliphatic carbocycles. The molecule has 1 atom stereocenters. The van der Waals surface area contributed by atoms with Crippen molar-refractivity contribution >= 4 is 5.91 Å². The Morgan fingerprint density at radius 2 is 2.39 bits per heavy atom. The first-order valence-electron chi connectivity index (χ1n) is 6.46. The van der Waals surface area contributed by atoms with Crippen molar-refractivity contribution in [1.29, 1.82) is 0 Å². The van der Waals surface area contributed by atoms with Gasteiger partial charge in [-0.05, 0) is 26.7 Å². The zero-order valence-electron chi connectivity index (χ0n) is 11.0. The second kappa shape index (κ2) is 5.10. The van der Waals surface area contributed by atoms with E-state index in [0.717, 1.165) is 25.1 Å². The van der Waals surface area contributed by atoms with Gasteiger partial charge in [0.15, 0.2) is 0 Å². The molecule has 0 aliphatic heterocycles. The van der Waals surface area contributed by atoms with E-state index in [1.807, 2.05) is 24.6 Å². The summed E-state index contributed by atoms with van der Waals surface area (Å²) >= 11 is 0. The molecule has 5 heteroatoms. The maximum Gasteiger partial charge on any atom is 0.242 e. The summed E-state index contributed by atoms with van der Waals surface area (Å²) < 4.78 is 1.85. The summed E-state index contributed by atoms with van der Waals surface area (Å²) in [6, 6.07) is -0.261. The molecule has 2 rings (SSSR count). The first-order chi connectivity index (χ1) is 8.58. The number of nitrogens with one attached hydrogen (secondary N) is 1. The molecule has 18 heavy (non-hydrogen) atoms. The van der Waals surface area contributed by atoms with E-state index in [4.69, 9.17) is 0 Å². The van der Waals surface area contributed by atoms with E-state index in [9.17, 15) is 9.90 Å². The normalized spacial score (nSPS) is 19.1. The van der Waals surface area contributed by atoms with Gasteiger partial charge in [0, 0.05) is 24.4 Å². The number of rotatable bonds is 5. The van der Waals surface area contributed by atoms with Gasteiger partial charge in [-0.15, -0.1) is 0 Å². The maximum absolute atomic E-state index is 12.1. The highest BCUT2D eigenvalue weighted by Crippen LogP contribution is 2.39. The molecule has 1 aromatic rings. The number of aliphatic hydroxyl groups is 1. The number of nitrogens with zero attached hydrogens (tertiary/aromatic N) is 2. The second-order valence-electron chi connectivity index (χ2n) is 5.29. The molecule has 1 aromatic heterocycles. The molecular weight excluding hydrogens is 230 g/mol. The molecular formula is C13H21N3O2. The van der Waals surface area contributed by atoms with Crippen LogP contribution in [0.5, 0.6) is 0 Å². The van der Waals surface area contributed by atoms with Crippen molar-refractivity contribution in [2.75, 3.05) is 13.2 Å². The molecule has 0 unspecified atom stereocenters. The van der Waals surface area contributed by atoms with Gasteiger partial charge in [0.2, 0.25) is 5.91 Å². The van der Waals surface area contributed by atoms with Crippen molar-refractivity contribution in [3.05, 3.63) is 18.2 Å². The van der Waals surface area contributed by atoms with Crippen LogP contribution >= 0.6 is 0 Å². The summed E-state index contributed by atoms with van der Waals surface area (Å²) in [5.41, 5.74) is -0.0701. The van der Waals surface area contributed by atoms with Gasteiger partial charge in [0.05, 0.1) is 6.61 Å². The van der Waals surface area contributed by atoms with Crippen LogP contribution in [0.2, 0.25) is 0 Å². The van der Waals surface area contributed by atoms with Crippen molar-refractivity contribution in [3.8, 4) is 0 Å². The summed E-state index contributed by atoms with van der Waals surface area (Å²) in [6.07, 6.45) is 6.65. The van der Waals surface area contributed by atoms with E-state index in [1.165, 1.54) is 0 Å². The Bertz CT molecular complexity index is 418. The van der Waals surface area contributed by atoms with Gasteiger partial charge < -0.3 is 15.0 Å².